The van der Waals surface area contributed by atoms with Crippen LogP contribution in [-0.2, 0) is 11.2 Å². The molecule has 1 amide bonds. The predicted molar refractivity (Wildman–Crippen MR) is 108 cm³/mol. The molecule has 0 spiro atoms. The first-order valence-electron chi connectivity index (χ1n) is 8.51. The fourth-order valence-corrected chi connectivity index (χ4v) is 3.17. The van der Waals surface area contributed by atoms with Crippen LogP contribution in [-0.4, -0.2) is 26.1 Å². The van der Waals surface area contributed by atoms with Gasteiger partial charge in [-0.05, 0) is 45.4 Å². The van der Waals surface area contributed by atoms with Crippen LogP contribution in [0.15, 0.2) is 30.6 Å². The van der Waals surface area contributed by atoms with E-state index in [9.17, 15) is 4.79 Å². The van der Waals surface area contributed by atoms with Gasteiger partial charge in [0.15, 0.2) is 5.65 Å². The molecule has 142 valence electrons. The first-order chi connectivity index (χ1) is 12.7. The maximum atomic E-state index is 12.3. The van der Waals surface area contributed by atoms with Gasteiger partial charge in [-0.2, -0.15) is 0 Å². The molecular formula is C19H20Cl2N4O2. The Balaban J connectivity index is 2.10. The van der Waals surface area contributed by atoms with E-state index in [1.54, 1.807) is 35.0 Å². The number of aromatic nitrogens is 3. The quantitative estimate of drug-likeness (QED) is 0.613. The number of hydrogen-bond acceptors (Lipinski definition) is 4. The van der Waals surface area contributed by atoms with E-state index >= 15 is 0 Å². The van der Waals surface area contributed by atoms with Gasteiger partial charge in [-0.1, -0.05) is 30.1 Å². The van der Waals surface area contributed by atoms with Gasteiger partial charge in [0.05, 0.1) is 10.7 Å². The number of rotatable bonds is 3. The number of nitrogens with zero attached hydrogens (tertiary/aromatic N) is 3. The molecule has 0 aliphatic rings. The van der Waals surface area contributed by atoms with E-state index in [0.717, 1.165) is 5.69 Å². The zero-order valence-corrected chi connectivity index (χ0v) is 17.0. The van der Waals surface area contributed by atoms with Gasteiger partial charge < -0.3 is 4.74 Å². The molecule has 8 heteroatoms. The molecule has 0 bridgehead atoms. The summed E-state index contributed by atoms with van der Waals surface area (Å²) in [5, 5.41) is 3.82. The second kappa shape index (κ2) is 7.37. The smallest absolute Gasteiger partial charge is 0.413 e. The van der Waals surface area contributed by atoms with Gasteiger partial charge in [-0.15, -0.1) is 0 Å². The molecule has 0 aliphatic heterocycles. The van der Waals surface area contributed by atoms with Crippen molar-refractivity contribution >= 4 is 40.8 Å². The highest BCUT2D eigenvalue weighted by Crippen LogP contribution is 2.33. The molecule has 2 heterocycles. The zero-order valence-electron chi connectivity index (χ0n) is 15.5. The van der Waals surface area contributed by atoms with Crippen LogP contribution in [0.2, 0.25) is 10.0 Å². The Morgan fingerprint density at radius 3 is 2.67 bits per heavy atom. The Morgan fingerprint density at radius 2 is 2.04 bits per heavy atom. The lowest BCUT2D eigenvalue weighted by Gasteiger charge is -2.19. The minimum atomic E-state index is -0.597. The Morgan fingerprint density at radius 1 is 1.30 bits per heavy atom. The second-order valence-corrected chi connectivity index (χ2v) is 7.82. The van der Waals surface area contributed by atoms with Crippen LogP contribution in [0.4, 0.5) is 10.6 Å². The highest BCUT2D eigenvalue weighted by molar-refractivity contribution is 6.36. The fourth-order valence-electron chi connectivity index (χ4n) is 2.67. The first-order valence-corrected chi connectivity index (χ1v) is 9.26. The van der Waals surface area contributed by atoms with Gasteiger partial charge in [0.25, 0.3) is 0 Å². The average Bonchev–Trinajstić information content (AvgIpc) is 2.91. The molecule has 1 aromatic carbocycles. The predicted octanol–water partition coefficient (Wildman–Crippen LogP) is 5.61. The van der Waals surface area contributed by atoms with Crippen molar-refractivity contribution in [2.24, 2.45) is 0 Å². The first kappa shape index (κ1) is 19.5. The third-order valence-corrected chi connectivity index (χ3v) is 4.30. The maximum absolute atomic E-state index is 12.3. The van der Waals surface area contributed by atoms with Crippen LogP contribution in [0.3, 0.4) is 0 Å². The van der Waals surface area contributed by atoms with Crippen molar-refractivity contribution in [3.8, 4) is 11.3 Å². The summed E-state index contributed by atoms with van der Waals surface area (Å²) < 4.78 is 7.14. The van der Waals surface area contributed by atoms with Crippen molar-refractivity contribution in [3.05, 3.63) is 46.3 Å². The van der Waals surface area contributed by atoms with Gasteiger partial charge in [0, 0.05) is 23.0 Å². The number of aryl methyl sites for hydroxylation is 1. The fraction of sp³-hybridized carbons (Fsp3) is 0.316. The largest absolute Gasteiger partial charge is 0.444 e. The number of fused-ring (bicyclic) bond motifs is 1. The third kappa shape index (κ3) is 4.17. The SMILES string of the molecule is CCc1nc2c(-c3ccc(Cl)cc3Cl)nccn2c1NC(=O)OC(C)(C)C. The van der Waals surface area contributed by atoms with Gasteiger partial charge in [-0.25, -0.2) is 9.78 Å². The molecule has 2 aromatic heterocycles. The Hall–Kier alpha value is -2.31. The van der Waals surface area contributed by atoms with Crippen molar-refractivity contribution in [3.63, 3.8) is 0 Å². The van der Waals surface area contributed by atoms with Crippen molar-refractivity contribution < 1.29 is 9.53 Å². The lowest BCUT2D eigenvalue weighted by Crippen LogP contribution is -2.27. The summed E-state index contributed by atoms with van der Waals surface area (Å²) >= 11 is 12.3. The van der Waals surface area contributed by atoms with Crippen molar-refractivity contribution in [2.45, 2.75) is 39.7 Å². The topological polar surface area (TPSA) is 68.5 Å². The summed E-state index contributed by atoms with van der Waals surface area (Å²) in [6.07, 6.45) is 3.46. The molecule has 0 aliphatic carbocycles. The minimum Gasteiger partial charge on any atom is -0.444 e. The van der Waals surface area contributed by atoms with Crippen LogP contribution in [0.25, 0.3) is 16.9 Å². The van der Waals surface area contributed by atoms with E-state index in [1.807, 2.05) is 27.7 Å². The summed E-state index contributed by atoms with van der Waals surface area (Å²) in [6.45, 7) is 7.40. The Labute approximate surface area is 167 Å². The normalized spacial score (nSPS) is 11.6. The van der Waals surface area contributed by atoms with Crippen LogP contribution in [0.1, 0.15) is 33.4 Å². The Kier molecular flexibility index (Phi) is 5.31. The van der Waals surface area contributed by atoms with E-state index in [0.29, 0.717) is 39.2 Å². The summed E-state index contributed by atoms with van der Waals surface area (Å²) in [7, 11) is 0. The lowest BCUT2D eigenvalue weighted by molar-refractivity contribution is 0.0635. The number of halogens is 2. The molecule has 0 atom stereocenters. The molecule has 1 N–H and O–H groups in total. The molecular weight excluding hydrogens is 387 g/mol. The van der Waals surface area contributed by atoms with E-state index < -0.39 is 11.7 Å². The van der Waals surface area contributed by atoms with E-state index in [4.69, 9.17) is 27.9 Å². The van der Waals surface area contributed by atoms with Crippen molar-refractivity contribution in [1.29, 1.82) is 0 Å². The third-order valence-electron chi connectivity index (χ3n) is 3.75. The molecule has 3 aromatic rings. The summed E-state index contributed by atoms with van der Waals surface area (Å²) in [4.78, 5) is 21.4. The molecule has 27 heavy (non-hydrogen) atoms. The summed E-state index contributed by atoms with van der Waals surface area (Å²) in [6, 6.07) is 5.21. The van der Waals surface area contributed by atoms with Crippen molar-refractivity contribution in [2.75, 3.05) is 5.32 Å². The number of benzene rings is 1. The van der Waals surface area contributed by atoms with Crippen LogP contribution in [0, 0.1) is 0 Å². The number of carbonyl (C=O) groups excluding carboxylic acids is 1. The van der Waals surface area contributed by atoms with Gasteiger partial charge in [0.2, 0.25) is 0 Å². The molecule has 0 radical (unpaired) electrons. The zero-order chi connectivity index (χ0) is 19.8. The van der Waals surface area contributed by atoms with Crippen LogP contribution in [0.5, 0.6) is 0 Å². The number of nitrogens with one attached hydrogen (secondary N) is 1. The minimum absolute atomic E-state index is 0.478. The lowest BCUT2D eigenvalue weighted by atomic mass is 10.1. The number of anilines is 1. The molecule has 6 nitrogen and oxygen atoms in total. The number of amides is 1. The Bertz CT molecular complexity index is 1010. The number of hydrogen-bond donors (Lipinski definition) is 1. The monoisotopic (exact) mass is 406 g/mol. The van der Waals surface area contributed by atoms with Crippen LogP contribution >= 0.6 is 23.2 Å². The molecule has 0 unspecified atom stereocenters. The highest BCUT2D eigenvalue weighted by Gasteiger charge is 2.21. The summed E-state index contributed by atoms with van der Waals surface area (Å²) in [5.74, 6) is 0.551. The van der Waals surface area contributed by atoms with Gasteiger partial charge in [-0.3, -0.25) is 14.7 Å². The number of ether oxygens (including phenoxy) is 1. The van der Waals surface area contributed by atoms with E-state index in [-0.39, 0.29) is 0 Å². The van der Waals surface area contributed by atoms with Crippen molar-refractivity contribution in [1.82, 2.24) is 14.4 Å². The van der Waals surface area contributed by atoms with Crippen LogP contribution < -0.4 is 5.32 Å². The van der Waals surface area contributed by atoms with E-state index in [1.165, 1.54) is 0 Å². The summed E-state index contributed by atoms with van der Waals surface area (Å²) in [5.41, 5.74) is 2.03. The molecule has 0 saturated carbocycles. The number of carbonyl (C=O) groups is 1. The maximum Gasteiger partial charge on any atom is 0.413 e. The second-order valence-electron chi connectivity index (χ2n) is 6.98. The molecule has 0 saturated heterocycles. The van der Waals surface area contributed by atoms with Gasteiger partial charge >= 0.3 is 6.09 Å². The van der Waals surface area contributed by atoms with E-state index in [2.05, 4.69) is 15.3 Å². The number of imidazole rings is 1. The standard InChI is InChI=1S/C19H20Cl2N4O2/c1-5-14-16(24-18(26)27-19(2,3)4)25-9-8-22-15(17(25)23-14)12-7-6-11(20)10-13(12)21/h6-10H,5H2,1-4H3,(H,24,26). The van der Waals surface area contributed by atoms with Gasteiger partial charge in [0.1, 0.15) is 17.1 Å². The molecule has 3 rings (SSSR count). The average molecular weight is 407 g/mol. The molecule has 0 fully saturated rings. The highest BCUT2D eigenvalue weighted by atomic mass is 35.5.